The second kappa shape index (κ2) is 13.9. The molecule has 2 aliphatic carbocycles. The number of hydrogen-bond acceptors (Lipinski definition) is 6. The molecule has 0 unspecified atom stereocenters. The van der Waals surface area contributed by atoms with Gasteiger partial charge in [-0.2, -0.15) is 18.4 Å². The van der Waals surface area contributed by atoms with Gasteiger partial charge in [-0.3, -0.25) is 4.79 Å². The zero-order valence-electron chi connectivity index (χ0n) is 25.0. The molecule has 0 spiro atoms. The van der Waals surface area contributed by atoms with Crippen molar-refractivity contribution >= 4 is 29.9 Å². The topological polar surface area (TPSA) is 93.6 Å². The van der Waals surface area contributed by atoms with Crippen molar-refractivity contribution in [3.05, 3.63) is 75.5 Å². The third kappa shape index (κ3) is 7.68. The summed E-state index contributed by atoms with van der Waals surface area (Å²) < 4.78 is 46.6. The summed E-state index contributed by atoms with van der Waals surface area (Å²) in [5, 5.41) is 22.9. The minimum absolute atomic E-state index is 0. The minimum Gasteiger partial charge on any atom is -0.481 e. The van der Waals surface area contributed by atoms with E-state index in [9.17, 15) is 28.3 Å². The number of nitrogens with zero attached hydrogens (tertiary/aromatic N) is 4. The average molecular weight is 631 g/mol. The number of aromatic nitrogens is 1. The summed E-state index contributed by atoms with van der Waals surface area (Å²) in [5.41, 5.74) is 4.85. The molecule has 2 aromatic carbocycles. The molecule has 3 aromatic rings. The summed E-state index contributed by atoms with van der Waals surface area (Å²) in [4.78, 5) is 15.7. The van der Waals surface area contributed by atoms with Gasteiger partial charge in [-0.05, 0) is 111 Å². The number of aliphatic carboxylic acids is 1. The number of carbonyl (C=O) groups is 1. The quantitative estimate of drug-likeness (QED) is 0.245. The maximum atomic E-state index is 13.7. The van der Waals surface area contributed by atoms with Gasteiger partial charge in [0.2, 0.25) is 5.88 Å². The molecule has 7 nitrogen and oxygen atoms in total. The number of fused-ring (bicyclic) bond motifs is 1. The second-order valence-electron chi connectivity index (χ2n) is 11.9. The molecule has 11 heteroatoms. The molecule has 1 N–H and O–H groups in total. The van der Waals surface area contributed by atoms with Crippen molar-refractivity contribution in [1.29, 1.82) is 5.26 Å². The summed E-state index contributed by atoms with van der Waals surface area (Å²) in [6.45, 7) is 5.96. The Morgan fingerprint density at radius 1 is 1.05 bits per heavy atom. The number of hydrogen-bond donors (Lipinski definition) is 1. The third-order valence-corrected chi connectivity index (χ3v) is 8.80. The third-order valence-electron chi connectivity index (χ3n) is 8.80. The van der Waals surface area contributed by atoms with E-state index in [1.807, 2.05) is 11.0 Å². The van der Waals surface area contributed by atoms with E-state index in [2.05, 4.69) is 29.1 Å². The fourth-order valence-electron chi connectivity index (χ4n) is 6.53. The Hall–Kier alpha value is -3.71. The van der Waals surface area contributed by atoms with E-state index in [-0.39, 0.29) is 30.4 Å². The van der Waals surface area contributed by atoms with Gasteiger partial charge in [-0.15, -0.1) is 12.4 Å². The Kier molecular flexibility index (Phi) is 10.5. The Labute approximate surface area is 262 Å². The van der Waals surface area contributed by atoms with Crippen LogP contribution in [0.5, 0.6) is 0 Å². The van der Waals surface area contributed by atoms with Crippen LogP contribution >= 0.6 is 12.4 Å². The summed E-state index contributed by atoms with van der Waals surface area (Å²) in [6.07, 6.45) is 1.61. The van der Waals surface area contributed by atoms with E-state index < -0.39 is 17.7 Å². The van der Waals surface area contributed by atoms with Crippen LogP contribution in [0.25, 0.3) is 0 Å². The Morgan fingerprint density at radius 2 is 1.75 bits per heavy atom. The van der Waals surface area contributed by atoms with E-state index in [4.69, 9.17) is 4.52 Å². The van der Waals surface area contributed by atoms with E-state index in [0.717, 1.165) is 68.6 Å². The van der Waals surface area contributed by atoms with Gasteiger partial charge in [0.15, 0.2) is 0 Å². The molecule has 0 aliphatic heterocycles. The van der Waals surface area contributed by atoms with Crippen LogP contribution in [-0.2, 0) is 36.9 Å². The van der Waals surface area contributed by atoms with Crippen LogP contribution in [0.15, 0.2) is 40.9 Å². The first-order valence-corrected chi connectivity index (χ1v) is 15.0. The van der Waals surface area contributed by atoms with E-state index in [0.29, 0.717) is 42.4 Å². The fourth-order valence-corrected chi connectivity index (χ4v) is 6.53. The molecule has 0 bridgehead atoms. The minimum atomic E-state index is -4.58. The average Bonchev–Trinajstić information content (AvgIpc) is 3.63. The molecule has 0 atom stereocenters. The number of anilines is 2. The Balaban J connectivity index is 0.00000442. The number of rotatable bonds is 10. The smallest absolute Gasteiger partial charge is 0.416 e. The summed E-state index contributed by atoms with van der Waals surface area (Å²) in [5.74, 6) is -0.149. The lowest BCUT2D eigenvalue weighted by molar-refractivity contribution is -0.143. The van der Waals surface area contributed by atoms with Gasteiger partial charge in [-0.1, -0.05) is 11.2 Å². The Morgan fingerprint density at radius 3 is 2.34 bits per heavy atom. The highest BCUT2D eigenvalue weighted by atomic mass is 35.5. The van der Waals surface area contributed by atoms with Crippen LogP contribution < -0.4 is 9.80 Å². The van der Waals surface area contributed by atoms with Gasteiger partial charge in [0.25, 0.3) is 0 Å². The number of carboxylic acid groups (broad SMARTS) is 1. The first-order chi connectivity index (χ1) is 20.5. The SMILES string of the molecule is CCN(C[C@H]1CC[C@H](C(=O)O)CC1)c1cc2c(cc1CN(Cc1cc(C#N)cc(C(F)(F)F)c1)c1cc(C)no1)CCC2.Cl. The van der Waals surface area contributed by atoms with Crippen molar-refractivity contribution in [1.82, 2.24) is 5.16 Å². The molecular weight excluding hydrogens is 593 g/mol. The molecule has 0 amide bonds. The highest BCUT2D eigenvalue weighted by Crippen LogP contribution is 2.36. The number of alkyl halides is 3. The highest BCUT2D eigenvalue weighted by molar-refractivity contribution is 5.85. The zero-order valence-corrected chi connectivity index (χ0v) is 25.8. The van der Waals surface area contributed by atoms with E-state index >= 15 is 0 Å². The van der Waals surface area contributed by atoms with Crippen LogP contribution in [0.1, 0.15) is 78.1 Å². The molecule has 1 aromatic heterocycles. The van der Waals surface area contributed by atoms with Gasteiger partial charge < -0.3 is 19.4 Å². The van der Waals surface area contributed by atoms with Crippen molar-refractivity contribution in [3.8, 4) is 6.07 Å². The van der Waals surface area contributed by atoms with Crippen LogP contribution in [-0.4, -0.2) is 29.3 Å². The molecular formula is C33H38ClF3N4O3. The lowest BCUT2D eigenvalue weighted by Gasteiger charge is -2.34. The van der Waals surface area contributed by atoms with E-state index in [1.165, 1.54) is 17.2 Å². The van der Waals surface area contributed by atoms with Gasteiger partial charge in [0.05, 0.1) is 28.8 Å². The predicted molar refractivity (Wildman–Crippen MR) is 164 cm³/mol. The second-order valence-corrected chi connectivity index (χ2v) is 11.9. The van der Waals surface area contributed by atoms with Gasteiger partial charge in [-0.25, -0.2) is 0 Å². The lowest BCUT2D eigenvalue weighted by Crippen LogP contribution is -2.34. The maximum absolute atomic E-state index is 13.7. The number of carboxylic acids is 1. The van der Waals surface area contributed by atoms with Crippen molar-refractivity contribution in [2.75, 3.05) is 22.9 Å². The van der Waals surface area contributed by atoms with Crippen molar-refractivity contribution in [2.24, 2.45) is 11.8 Å². The van der Waals surface area contributed by atoms with Gasteiger partial charge in [0, 0.05) is 37.9 Å². The number of nitriles is 1. The molecule has 2 aliphatic rings. The summed E-state index contributed by atoms with van der Waals surface area (Å²) in [7, 11) is 0. The maximum Gasteiger partial charge on any atom is 0.416 e. The molecule has 1 heterocycles. The van der Waals surface area contributed by atoms with Crippen LogP contribution in [0, 0.1) is 30.1 Å². The van der Waals surface area contributed by atoms with Gasteiger partial charge in [0.1, 0.15) is 0 Å². The fraction of sp³-hybridized carbons (Fsp3) is 0.485. The normalized spacial score (nSPS) is 17.8. The molecule has 5 rings (SSSR count). The van der Waals surface area contributed by atoms with Crippen molar-refractivity contribution < 1.29 is 27.6 Å². The zero-order chi connectivity index (χ0) is 30.7. The van der Waals surface area contributed by atoms with Crippen molar-refractivity contribution in [2.45, 2.75) is 78.1 Å². The molecule has 44 heavy (non-hydrogen) atoms. The standard InChI is InChI=1S/C33H37F3N4O3.ClH/c1-3-39(18-22-7-9-25(10-8-22)32(41)42)30-16-27-6-4-5-26(27)15-28(30)20-40(31-11-21(2)38-43-31)19-24-12-23(17-37)13-29(14-24)33(34,35)36;/h11-16,22,25H,3-10,18-20H2,1-2H3,(H,41,42);1H/t22-,25-;. The molecule has 1 fully saturated rings. The molecule has 236 valence electrons. The molecule has 0 saturated heterocycles. The predicted octanol–water partition coefficient (Wildman–Crippen LogP) is 7.71. The van der Waals surface area contributed by atoms with E-state index in [1.54, 1.807) is 13.0 Å². The monoisotopic (exact) mass is 630 g/mol. The Bertz CT molecular complexity index is 1510. The van der Waals surface area contributed by atoms with Crippen LogP contribution in [0.2, 0.25) is 0 Å². The van der Waals surface area contributed by atoms with Crippen molar-refractivity contribution in [3.63, 3.8) is 0 Å². The van der Waals surface area contributed by atoms with Gasteiger partial charge >= 0.3 is 12.1 Å². The van der Waals surface area contributed by atoms with Crippen LogP contribution in [0.3, 0.4) is 0 Å². The largest absolute Gasteiger partial charge is 0.481 e. The highest BCUT2D eigenvalue weighted by Gasteiger charge is 2.32. The number of aryl methyl sites for hydroxylation is 3. The van der Waals surface area contributed by atoms with Crippen LogP contribution in [0.4, 0.5) is 24.7 Å². The first-order valence-electron chi connectivity index (χ1n) is 15.0. The first kappa shape index (κ1) is 33.2. The number of halogens is 4. The summed E-state index contributed by atoms with van der Waals surface area (Å²) >= 11 is 0. The molecule has 0 radical (unpaired) electrons. The lowest BCUT2D eigenvalue weighted by atomic mass is 9.81. The summed E-state index contributed by atoms with van der Waals surface area (Å²) in [6, 6.07) is 11.6. The molecule has 1 saturated carbocycles. The number of benzene rings is 2.